The highest BCUT2D eigenvalue weighted by Gasteiger charge is 1.98. The fourth-order valence-electron chi connectivity index (χ4n) is 0.862. The molecular formula is C10H9ClO. The van der Waals surface area contributed by atoms with E-state index in [1.807, 2.05) is 12.1 Å². The van der Waals surface area contributed by atoms with Gasteiger partial charge in [0.2, 0.25) is 0 Å². The van der Waals surface area contributed by atoms with Crippen LogP contribution >= 0.6 is 11.6 Å². The van der Waals surface area contributed by atoms with Gasteiger partial charge in [0, 0.05) is 5.56 Å². The maximum Gasteiger partial charge on any atom is 0.120 e. The Labute approximate surface area is 77.3 Å². The first-order chi connectivity index (χ1) is 5.77. The van der Waals surface area contributed by atoms with E-state index in [0.29, 0.717) is 5.02 Å². The summed E-state index contributed by atoms with van der Waals surface area (Å²) in [6, 6.07) is 5.40. The number of methoxy groups -OCH3 is 1. The van der Waals surface area contributed by atoms with Crippen LogP contribution in [-0.4, -0.2) is 7.11 Å². The summed E-state index contributed by atoms with van der Waals surface area (Å²) in [5.74, 6) is 6.45. The van der Waals surface area contributed by atoms with E-state index < -0.39 is 0 Å². The first kappa shape index (κ1) is 8.96. The molecule has 0 saturated carbocycles. The second-order valence-corrected chi connectivity index (χ2v) is 2.63. The van der Waals surface area contributed by atoms with Gasteiger partial charge in [-0.25, -0.2) is 0 Å². The van der Waals surface area contributed by atoms with E-state index in [0.717, 1.165) is 11.3 Å². The van der Waals surface area contributed by atoms with Crippen LogP contribution in [0.3, 0.4) is 0 Å². The minimum Gasteiger partial charge on any atom is -0.497 e. The van der Waals surface area contributed by atoms with Crippen LogP contribution in [0.4, 0.5) is 0 Å². The van der Waals surface area contributed by atoms with Crippen LogP contribution in [0, 0.1) is 11.8 Å². The Bertz CT molecular complexity index is 333. The Morgan fingerprint density at radius 1 is 1.42 bits per heavy atom. The van der Waals surface area contributed by atoms with Crippen molar-refractivity contribution in [1.29, 1.82) is 0 Å². The Hall–Kier alpha value is -1.13. The average molecular weight is 181 g/mol. The number of halogens is 1. The molecule has 0 aromatic heterocycles. The number of ether oxygens (including phenoxy) is 1. The normalized spacial score (nSPS) is 8.58. The van der Waals surface area contributed by atoms with Crippen LogP contribution in [-0.2, 0) is 0 Å². The number of benzene rings is 1. The van der Waals surface area contributed by atoms with E-state index >= 15 is 0 Å². The maximum atomic E-state index is 5.87. The standard InChI is InChI=1S/C10H9ClO/c1-3-4-8-7-9(12-2)5-6-10(8)11/h5-7H,1-2H3. The van der Waals surface area contributed by atoms with Gasteiger partial charge in [0.25, 0.3) is 0 Å². The molecule has 0 spiro atoms. The molecule has 0 fully saturated rings. The molecule has 0 unspecified atom stereocenters. The molecule has 0 saturated heterocycles. The van der Waals surface area contributed by atoms with Crippen molar-refractivity contribution >= 4 is 11.6 Å². The molecule has 1 aromatic carbocycles. The van der Waals surface area contributed by atoms with Gasteiger partial charge in [-0.1, -0.05) is 17.5 Å². The summed E-state index contributed by atoms with van der Waals surface area (Å²) in [5, 5.41) is 0.658. The average Bonchev–Trinajstić information content (AvgIpc) is 2.09. The molecule has 0 aliphatic rings. The molecule has 1 aromatic rings. The highest BCUT2D eigenvalue weighted by atomic mass is 35.5. The lowest BCUT2D eigenvalue weighted by Gasteiger charge is -2.00. The van der Waals surface area contributed by atoms with Gasteiger partial charge >= 0.3 is 0 Å². The van der Waals surface area contributed by atoms with Gasteiger partial charge in [-0.3, -0.25) is 0 Å². The van der Waals surface area contributed by atoms with Crippen LogP contribution < -0.4 is 4.74 Å². The molecule has 1 rings (SSSR count). The SMILES string of the molecule is CC#Cc1cc(OC)ccc1Cl. The van der Waals surface area contributed by atoms with Crippen molar-refractivity contribution in [2.24, 2.45) is 0 Å². The van der Waals surface area contributed by atoms with Crippen molar-refractivity contribution in [3.8, 4) is 17.6 Å². The fourth-order valence-corrected chi connectivity index (χ4v) is 1.03. The van der Waals surface area contributed by atoms with Crippen LogP contribution in [0.15, 0.2) is 18.2 Å². The lowest BCUT2D eigenvalue weighted by atomic mass is 10.2. The molecule has 0 aliphatic carbocycles. The van der Waals surface area contributed by atoms with Crippen molar-refractivity contribution in [3.63, 3.8) is 0 Å². The van der Waals surface area contributed by atoms with Crippen molar-refractivity contribution in [2.45, 2.75) is 6.92 Å². The van der Waals surface area contributed by atoms with E-state index in [2.05, 4.69) is 11.8 Å². The Kier molecular flexibility index (Phi) is 3.01. The second-order valence-electron chi connectivity index (χ2n) is 2.22. The van der Waals surface area contributed by atoms with Crippen molar-refractivity contribution in [2.75, 3.05) is 7.11 Å². The second kappa shape index (κ2) is 4.04. The van der Waals surface area contributed by atoms with Crippen LogP contribution in [0.2, 0.25) is 5.02 Å². The van der Waals surface area contributed by atoms with Crippen LogP contribution in [0.5, 0.6) is 5.75 Å². The third-order valence-corrected chi connectivity index (χ3v) is 1.76. The molecule has 12 heavy (non-hydrogen) atoms. The number of rotatable bonds is 1. The van der Waals surface area contributed by atoms with Crippen LogP contribution in [0.1, 0.15) is 12.5 Å². The lowest BCUT2D eigenvalue weighted by Crippen LogP contribution is -1.84. The summed E-state index contributed by atoms with van der Waals surface area (Å²) in [6.07, 6.45) is 0. The molecule has 0 N–H and O–H groups in total. The van der Waals surface area contributed by atoms with Gasteiger partial charge in [0.05, 0.1) is 12.1 Å². The minimum absolute atomic E-state index is 0.658. The molecular weight excluding hydrogens is 172 g/mol. The third kappa shape index (κ3) is 1.93. The van der Waals surface area contributed by atoms with Gasteiger partial charge < -0.3 is 4.74 Å². The Morgan fingerprint density at radius 3 is 2.75 bits per heavy atom. The summed E-state index contributed by atoms with van der Waals surface area (Å²) in [7, 11) is 1.62. The largest absolute Gasteiger partial charge is 0.497 e. The van der Waals surface area contributed by atoms with E-state index in [1.54, 1.807) is 20.1 Å². The zero-order chi connectivity index (χ0) is 8.97. The molecule has 0 amide bonds. The van der Waals surface area contributed by atoms with Gasteiger partial charge in [-0.15, -0.1) is 5.92 Å². The molecule has 62 valence electrons. The molecule has 0 atom stereocenters. The number of hydrogen-bond acceptors (Lipinski definition) is 1. The highest BCUT2D eigenvalue weighted by Crippen LogP contribution is 2.20. The smallest absolute Gasteiger partial charge is 0.120 e. The lowest BCUT2D eigenvalue weighted by molar-refractivity contribution is 0.414. The molecule has 0 heterocycles. The number of hydrogen-bond donors (Lipinski definition) is 0. The molecule has 0 bridgehead atoms. The molecule has 0 radical (unpaired) electrons. The summed E-state index contributed by atoms with van der Waals surface area (Å²) >= 11 is 5.87. The van der Waals surface area contributed by atoms with Gasteiger partial charge in [-0.2, -0.15) is 0 Å². The van der Waals surface area contributed by atoms with Gasteiger partial charge in [-0.05, 0) is 25.1 Å². The maximum absolute atomic E-state index is 5.87. The summed E-state index contributed by atoms with van der Waals surface area (Å²) in [5.41, 5.74) is 0.804. The van der Waals surface area contributed by atoms with E-state index in [4.69, 9.17) is 16.3 Å². The van der Waals surface area contributed by atoms with E-state index in [-0.39, 0.29) is 0 Å². The summed E-state index contributed by atoms with van der Waals surface area (Å²) in [4.78, 5) is 0. The first-order valence-electron chi connectivity index (χ1n) is 3.54. The summed E-state index contributed by atoms with van der Waals surface area (Å²) in [6.45, 7) is 1.77. The minimum atomic E-state index is 0.658. The Morgan fingerprint density at radius 2 is 2.17 bits per heavy atom. The third-order valence-electron chi connectivity index (χ3n) is 1.43. The predicted molar refractivity (Wildman–Crippen MR) is 50.6 cm³/mol. The van der Waals surface area contributed by atoms with E-state index in [1.165, 1.54) is 0 Å². The van der Waals surface area contributed by atoms with Crippen LogP contribution in [0.25, 0.3) is 0 Å². The zero-order valence-electron chi connectivity index (χ0n) is 7.02. The van der Waals surface area contributed by atoms with Gasteiger partial charge in [0.15, 0.2) is 0 Å². The fraction of sp³-hybridized carbons (Fsp3) is 0.200. The topological polar surface area (TPSA) is 9.23 Å². The first-order valence-corrected chi connectivity index (χ1v) is 3.92. The monoisotopic (exact) mass is 180 g/mol. The highest BCUT2D eigenvalue weighted by molar-refractivity contribution is 6.31. The molecule has 1 nitrogen and oxygen atoms in total. The van der Waals surface area contributed by atoms with Crippen molar-refractivity contribution < 1.29 is 4.74 Å². The summed E-state index contributed by atoms with van der Waals surface area (Å²) < 4.78 is 5.03. The molecule has 0 aliphatic heterocycles. The van der Waals surface area contributed by atoms with Crippen molar-refractivity contribution in [3.05, 3.63) is 28.8 Å². The van der Waals surface area contributed by atoms with Crippen molar-refractivity contribution in [1.82, 2.24) is 0 Å². The predicted octanol–water partition coefficient (Wildman–Crippen LogP) is 2.72. The van der Waals surface area contributed by atoms with Gasteiger partial charge in [0.1, 0.15) is 5.75 Å². The Balaban J connectivity index is 3.14. The molecule has 2 heteroatoms. The van der Waals surface area contributed by atoms with E-state index in [9.17, 15) is 0 Å². The zero-order valence-corrected chi connectivity index (χ0v) is 7.77. The quantitative estimate of drug-likeness (QED) is 0.604.